The van der Waals surface area contributed by atoms with Gasteiger partial charge in [0.1, 0.15) is 5.28 Å². The van der Waals surface area contributed by atoms with Crippen molar-refractivity contribution >= 4 is 45.5 Å². The SMILES string of the molecule is CC(C)(Nc1c(N)cc([N+](=O)[O-])c2c(S(N)(=O)=O)cccc12)P(=O)(O)O. The maximum Gasteiger partial charge on any atom is 0.350 e. The molecule has 142 valence electrons. The second-order valence-electron chi connectivity index (χ2n) is 6.07. The molecule has 0 amide bonds. The first-order valence-corrected chi connectivity index (χ1v) is 10.2. The lowest BCUT2D eigenvalue weighted by atomic mass is 10.0. The molecule has 11 nitrogen and oxygen atoms in total. The Morgan fingerprint density at radius 3 is 2.35 bits per heavy atom. The summed E-state index contributed by atoms with van der Waals surface area (Å²) in [5.74, 6) is 0. The van der Waals surface area contributed by atoms with Crippen LogP contribution in [-0.4, -0.2) is 28.4 Å². The number of rotatable bonds is 5. The number of benzene rings is 2. The molecule has 0 saturated heterocycles. The average Bonchev–Trinajstić information content (AvgIpc) is 2.46. The summed E-state index contributed by atoms with van der Waals surface area (Å²) >= 11 is 0. The van der Waals surface area contributed by atoms with E-state index in [1.165, 1.54) is 26.0 Å². The smallest absolute Gasteiger partial charge is 0.350 e. The molecule has 13 heteroatoms. The summed E-state index contributed by atoms with van der Waals surface area (Å²) in [7, 11) is -8.96. The second-order valence-corrected chi connectivity index (χ2v) is 9.80. The van der Waals surface area contributed by atoms with Crippen LogP contribution in [0.1, 0.15) is 13.8 Å². The maximum atomic E-state index is 11.8. The summed E-state index contributed by atoms with van der Waals surface area (Å²) in [6.45, 7) is 2.42. The van der Waals surface area contributed by atoms with E-state index in [9.17, 15) is 32.9 Å². The van der Waals surface area contributed by atoms with Crippen LogP contribution in [0.5, 0.6) is 0 Å². The topological polar surface area (TPSA) is 199 Å². The van der Waals surface area contributed by atoms with Crippen molar-refractivity contribution in [2.24, 2.45) is 5.14 Å². The van der Waals surface area contributed by atoms with Crippen LogP contribution >= 0.6 is 7.60 Å². The van der Waals surface area contributed by atoms with Crippen LogP contribution in [0.3, 0.4) is 0 Å². The fourth-order valence-corrected chi connectivity index (χ4v) is 3.37. The molecule has 0 aliphatic heterocycles. The molecule has 0 aromatic heterocycles. The Balaban J connectivity index is 2.95. The van der Waals surface area contributed by atoms with Crippen LogP contribution in [0.15, 0.2) is 29.2 Å². The minimum Gasteiger partial charge on any atom is -0.397 e. The number of nitro groups is 1. The zero-order valence-electron chi connectivity index (χ0n) is 13.7. The number of hydrogen-bond acceptors (Lipinski definition) is 7. The number of anilines is 2. The summed E-state index contributed by atoms with van der Waals surface area (Å²) < 4.78 is 35.4. The zero-order chi connectivity index (χ0) is 20.1. The van der Waals surface area contributed by atoms with E-state index < -0.39 is 38.4 Å². The fourth-order valence-electron chi connectivity index (χ4n) is 2.35. The molecule has 7 N–H and O–H groups in total. The first-order chi connectivity index (χ1) is 11.7. The third kappa shape index (κ3) is 3.50. The van der Waals surface area contributed by atoms with Gasteiger partial charge in [-0.25, -0.2) is 13.6 Å². The zero-order valence-corrected chi connectivity index (χ0v) is 15.4. The first-order valence-electron chi connectivity index (χ1n) is 7.03. The van der Waals surface area contributed by atoms with Gasteiger partial charge in [0.25, 0.3) is 5.69 Å². The lowest BCUT2D eigenvalue weighted by Gasteiger charge is -2.29. The normalized spacial score (nSPS) is 13.0. The van der Waals surface area contributed by atoms with E-state index in [1.807, 2.05) is 0 Å². The average molecular weight is 404 g/mol. The van der Waals surface area contributed by atoms with Gasteiger partial charge >= 0.3 is 7.60 Å². The Bertz CT molecular complexity index is 1060. The highest BCUT2D eigenvalue weighted by molar-refractivity contribution is 7.89. The number of nitrogens with zero attached hydrogens (tertiary/aromatic N) is 1. The van der Waals surface area contributed by atoms with E-state index in [-0.39, 0.29) is 22.1 Å². The highest BCUT2D eigenvalue weighted by atomic mass is 32.2. The van der Waals surface area contributed by atoms with Crippen molar-refractivity contribution < 1.29 is 27.7 Å². The van der Waals surface area contributed by atoms with Gasteiger partial charge in [0.15, 0.2) is 0 Å². The Hall–Kier alpha value is -2.24. The molecule has 2 aromatic carbocycles. The molecule has 0 heterocycles. The summed E-state index contributed by atoms with van der Waals surface area (Å²) in [6.07, 6.45) is 0. The molecule has 0 unspecified atom stereocenters. The van der Waals surface area contributed by atoms with E-state index in [0.29, 0.717) is 0 Å². The standard InChI is InChI=1S/C13H17N4O7PS/c1-13(2,25(20,21)22)16-12-7-4-3-5-10(26(15,23)24)11(7)9(17(18)19)6-8(12)14/h3-6,16H,14H2,1-2H3,(H2,15,23,24)(H2,20,21,22). The minimum absolute atomic E-state index is 0.00949. The quantitative estimate of drug-likeness (QED) is 0.211. The van der Waals surface area contributed by atoms with Crippen molar-refractivity contribution in [2.75, 3.05) is 11.1 Å². The van der Waals surface area contributed by atoms with Crippen molar-refractivity contribution in [1.82, 2.24) is 0 Å². The predicted molar refractivity (Wildman–Crippen MR) is 96.1 cm³/mol. The molecule has 0 aliphatic carbocycles. The van der Waals surface area contributed by atoms with Crippen LogP contribution in [-0.2, 0) is 14.6 Å². The van der Waals surface area contributed by atoms with Crippen LogP contribution < -0.4 is 16.2 Å². The number of hydrogen-bond donors (Lipinski definition) is 5. The third-order valence-corrected chi connectivity index (χ3v) is 6.32. The summed E-state index contributed by atoms with van der Waals surface area (Å²) in [4.78, 5) is 29.0. The van der Waals surface area contributed by atoms with Gasteiger partial charge in [-0.2, -0.15) is 0 Å². The molecule has 0 spiro atoms. The molecule has 0 fully saturated rings. The predicted octanol–water partition coefficient (Wildman–Crippen LogP) is 1.30. The number of fused-ring (bicyclic) bond motifs is 1. The Morgan fingerprint density at radius 1 is 1.31 bits per heavy atom. The van der Waals surface area contributed by atoms with Crippen LogP contribution in [0.2, 0.25) is 0 Å². The van der Waals surface area contributed by atoms with Crippen LogP contribution in [0, 0.1) is 10.1 Å². The molecule has 0 atom stereocenters. The van der Waals surface area contributed by atoms with Crippen molar-refractivity contribution in [2.45, 2.75) is 24.0 Å². The van der Waals surface area contributed by atoms with Crippen LogP contribution in [0.25, 0.3) is 10.8 Å². The molecule has 26 heavy (non-hydrogen) atoms. The van der Waals surface area contributed by atoms with Gasteiger partial charge in [-0.1, -0.05) is 12.1 Å². The highest BCUT2D eigenvalue weighted by Gasteiger charge is 2.39. The van der Waals surface area contributed by atoms with E-state index in [2.05, 4.69) is 5.32 Å². The van der Waals surface area contributed by atoms with Crippen LogP contribution in [0.4, 0.5) is 17.1 Å². The van der Waals surface area contributed by atoms with Gasteiger partial charge in [0.2, 0.25) is 10.0 Å². The number of primary sulfonamides is 1. The minimum atomic E-state index is -4.65. The van der Waals surface area contributed by atoms with Gasteiger partial charge in [0.05, 0.1) is 26.6 Å². The van der Waals surface area contributed by atoms with Crippen molar-refractivity contribution in [3.63, 3.8) is 0 Å². The molecular weight excluding hydrogens is 387 g/mol. The van der Waals surface area contributed by atoms with Gasteiger partial charge < -0.3 is 20.8 Å². The summed E-state index contributed by atoms with van der Waals surface area (Å²) in [6, 6.07) is 4.64. The number of nitrogens with one attached hydrogen (secondary N) is 1. The first kappa shape index (κ1) is 20.1. The van der Waals surface area contributed by atoms with Gasteiger partial charge in [-0.15, -0.1) is 0 Å². The largest absolute Gasteiger partial charge is 0.397 e. The number of nitro benzene ring substituents is 1. The fraction of sp³-hybridized carbons (Fsp3) is 0.231. The van der Waals surface area contributed by atoms with Crippen molar-refractivity contribution in [3.05, 3.63) is 34.4 Å². The molecule has 0 bridgehead atoms. The molecule has 2 rings (SSSR count). The highest BCUT2D eigenvalue weighted by Crippen LogP contribution is 2.51. The van der Waals surface area contributed by atoms with E-state index in [1.54, 1.807) is 0 Å². The lowest BCUT2D eigenvalue weighted by molar-refractivity contribution is -0.383. The number of non-ortho nitro benzene ring substituents is 1. The Labute approximate surface area is 148 Å². The number of nitrogen functional groups attached to an aromatic ring is 1. The summed E-state index contributed by atoms with van der Waals surface area (Å²) in [5, 5.41) is 17.0. The molecule has 0 saturated carbocycles. The lowest BCUT2D eigenvalue weighted by Crippen LogP contribution is -2.31. The van der Waals surface area contributed by atoms with Gasteiger partial charge in [0, 0.05) is 11.5 Å². The van der Waals surface area contributed by atoms with Gasteiger partial charge in [-0.05, 0) is 19.9 Å². The van der Waals surface area contributed by atoms with Crippen molar-refractivity contribution in [3.8, 4) is 0 Å². The molecular formula is C13H17N4O7PS. The molecule has 0 radical (unpaired) electrons. The monoisotopic (exact) mass is 404 g/mol. The van der Waals surface area contributed by atoms with E-state index >= 15 is 0 Å². The maximum absolute atomic E-state index is 11.8. The Kier molecular flexibility index (Phi) is 4.77. The number of nitrogens with two attached hydrogens (primary N) is 2. The van der Waals surface area contributed by atoms with Gasteiger partial charge in [-0.3, -0.25) is 14.7 Å². The third-order valence-electron chi connectivity index (χ3n) is 3.79. The second kappa shape index (κ2) is 6.18. The van der Waals surface area contributed by atoms with Crippen molar-refractivity contribution in [1.29, 1.82) is 0 Å². The Morgan fingerprint density at radius 2 is 1.88 bits per heavy atom. The number of sulfonamides is 1. The molecule has 0 aliphatic rings. The van der Waals surface area contributed by atoms with E-state index in [0.717, 1.165) is 12.1 Å². The van der Waals surface area contributed by atoms with E-state index in [4.69, 9.17) is 10.9 Å². The molecule has 2 aromatic rings. The summed E-state index contributed by atoms with van der Waals surface area (Å²) in [5.41, 5.74) is 5.00.